The Balaban J connectivity index is 1.96. The van der Waals surface area contributed by atoms with E-state index in [9.17, 15) is 5.11 Å². The van der Waals surface area contributed by atoms with Crippen molar-refractivity contribution in [2.75, 3.05) is 11.9 Å². The highest BCUT2D eigenvalue weighted by molar-refractivity contribution is 5.42. The van der Waals surface area contributed by atoms with Gasteiger partial charge in [-0.25, -0.2) is 0 Å². The molecular formula is C15H17NO. The molecule has 0 aliphatic heterocycles. The van der Waals surface area contributed by atoms with E-state index in [4.69, 9.17) is 0 Å². The van der Waals surface area contributed by atoms with Gasteiger partial charge in [-0.2, -0.15) is 0 Å². The molecule has 0 heterocycles. The van der Waals surface area contributed by atoms with Gasteiger partial charge in [0.2, 0.25) is 0 Å². The number of hydrogen-bond donors (Lipinski definition) is 2. The molecule has 2 aromatic rings. The molecule has 2 aromatic carbocycles. The minimum Gasteiger partial charge on any atom is -0.387 e. The van der Waals surface area contributed by atoms with Crippen LogP contribution < -0.4 is 5.32 Å². The fraction of sp³-hybridized carbons (Fsp3) is 0.200. The van der Waals surface area contributed by atoms with Crippen LogP contribution >= 0.6 is 0 Å². The van der Waals surface area contributed by atoms with Crippen LogP contribution in [0.5, 0.6) is 0 Å². The van der Waals surface area contributed by atoms with Gasteiger partial charge < -0.3 is 10.4 Å². The van der Waals surface area contributed by atoms with Gasteiger partial charge in [0.05, 0.1) is 6.10 Å². The molecule has 0 fully saturated rings. The van der Waals surface area contributed by atoms with E-state index < -0.39 is 6.10 Å². The highest BCUT2D eigenvalue weighted by Crippen LogP contribution is 2.15. The summed E-state index contributed by atoms with van der Waals surface area (Å²) >= 11 is 0. The van der Waals surface area contributed by atoms with Gasteiger partial charge >= 0.3 is 0 Å². The topological polar surface area (TPSA) is 32.3 Å². The quantitative estimate of drug-likeness (QED) is 0.841. The number of hydrogen-bond acceptors (Lipinski definition) is 2. The van der Waals surface area contributed by atoms with Crippen molar-refractivity contribution in [2.45, 2.75) is 13.0 Å². The van der Waals surface area contributed by atoms with Crippen LogP contribution in [0, 0.1) is 6.92 Å². The van der Waals surface area contributed by atoms with Crippen LogP contribution in [-0.4, -0.2) is 11.7 Å². The molecule has 1 unspecified atom stereocenters. The average molecular weight is 227 g/mol. The predicted molar refractivity (Wildman–Crippen MR) is 71.1 cm³/mol. The Morgan fingerprint density at radius 1 is 1.06 bits per heavy atom. The van der Waals surface area contributed by atoms with Gasteiger partial charge in [-0.1, -0.05) is 48.0 Å². The Labute approximate surface area is 102 Å². The minimum atomic E-state index is -0.477. The Morgan fingerprint density at radius 3 is 2.53 bits per heavy atom. The van der Waals surface area contributed by atoms with Crippen LogP contribution in [0.2, 0.25) is 0 Å². The van der Waals surface area contributed by atoms with Crippen molar-refractivity contribution in [1.82, 2.24) is 0 Å². The summed E-state index contributed by atoms with van der Waals surface area (Å²) in [5.41, 5.74) is 3.15. The van der Waals surface area contributed by atoms with Crippen molar-refractivity contribution in [3.8, 4) is 0 Å². The summed E-state index contributed by atoms with van der Waals surface area (Å²) in [5.74, 6) is 0. The van der Waals surface area contributed by atoms with Crippen molar-refractivity contribution < 1.29 is 5.11 Å². The lowest BCUT2D eigenvalue weighted by molar-refractivity contribution is 0.191. The fourth-order valence-electron chi connectivity index (χ4n) is 1.77. The van der Waals surface area contributed by atoms with E-state index in [-0.39, 0.29) is 0 Å². The van der Waals surface area contributed by atoms with E-state index in [0.717, 1.165) is 11.3 Å². The lowest BCUT2D eigenvalue weighted by Crippen LogP contribution is -2.12. The standard InChI is InChI=1S/C15H17NO/c1-12-6-5-7-13(10-12)15(17)11-16-14-8-3-2-4-9-14/h2-10,15-17H,11H2,1H3. The summed E-state index contributed by atoms with van der Waals surface area (Å²) in [4.78, 5) is 0. The van der Waals surface area contributed by atoms with Crippen LogP contribution in [0.4, 0.5) is 5.69 Å². The summed E-state index contributed by atoms with van der Waals surface area (Å²) < 4.78 is 0. The molecule has 88 valence electrons. The van der Waals surface area contributed by atoms with Gasteiger partial charge in [0.1, 0.15) is 0 Å². The molecule has 0 bridgehead atoms. The number of aryl methyl sites for hydroxylation is 1. The zero-order valence-corrected chi connectivity index (χ0v) is 9.93. The molecule has 0 saturated heterocycles. The Kier molecular flexibility index (Phi) is 3.78. The number of para-hydroxylation sites is 1. The van der Waals surface area contributed by atoms with E-state index in [1.165, 1.54) is 5.56 Å². The van der Waals surface area contributed by atoms with Crippen molar-refractivity contribution in [2.24, 2.45) is 0 Å². The zero-order valence-electron chi connectivity index (χ0n) is 9.93. The van der Waals surface area contributed by atoms with Crippen LogP contribution in [0.1, 0.15) is 17.2 Å². The third kappa shape index (κ3) is 3.33. The van der Waals surface area contributed by atoms with E-state index in [1.807, 2.05) is 61.5 Å². The monoisotopic (exact) mass is 227 g/mol. The molecular weight excluding hydrogens is 210 g/mol. The Morgan fingerprint density at radius 2 is 1.82 bits per heavy atom. The maximum atomic E-state index is 10.0. The van der Waals surface area contributed by atoms with Crippen LogP contribution in [0.25, 0.3) is 0 Å². The molecule has 2 heteroatoms. The molecule has 0 spiro atoms. The van der Waals surface area contributed by atoms with E-state index in [0.29, 0.717) is 6.54 Å². The number of nitrogens with one attached hydrogen (secondary N) is 1. The number of benzene rings is 2. The fourth-order valence-corrected chi connectivity index (χ4v) is 1.77. The van der Waals surface area contributed by atoms with Gasteiger partial charge in [0.15, 0.2) is 0 Å². The molecule has 0 radical (unpaired) electrons. The second-order valence-electron chi connectivity index (χ2n) is 4.18. The van der Waals surface area contributed by atoms with E-state index in [1.54, 1.807) is 0 Å². The number of anilines is 1. The molecule has 2 N–H and O–H groups in total. The highest BCUT2D eigenvalue weighted by atomic mass is 16.3. The smallest absolute Gasteiger partial charge is 0.0962 e. The predicted octanol–water partition coefficient (Wildman–Crippen LogP) is 3.14. The SMILES string of the molecule is Cc1cccc(C(O)CNc2ccccc2)c1. The lowest BCUT2D eigenvalue weighted by atomic mass is 10.1. The molecule has 0 amide bonds. The largest absolute Gasteiger partial charge is 0.387 e. The third-order valence-electron chi connectivity index (χ3n) is 2.70. The van der Waals surface area contributed by atoms with Gasteiger partial charge in [-0.05, 0) is 24.6 Å². The number of aliphatic hydroxyl groups excluding tert-OH is 1. The number of rotatable bonds is 4. The summed E-state index contributed by atoms with van der Waals surface area (Å²) in [7, 11) is 0. The van der Waals surface area contributed by atoms with Crippen molar-refractivity contribution in [3.05, 3.63) is 65.7 Å². The molecule has 2 nitrogen and oxygen atoms in total. The third-order valence-corrected chi connectivity index (χ3v) is 2.70. The van der Waals surface area contributed by atoms with Gasteiger partial charge in [-0.15, -0.1) is 0 Å². The first kappa shape index (κ1) is 11.7. The summed E-state index contributed by atoms with van der Waals surface area (Å²) in [6.07, 6.45) is -0.477. The first-order chi connectivity index (χ1) is 8.25. The maximum Gasteiger partial charge on any atom is 0.0962 e. The van der Waals surface area contributed by atoms with Crippen molar-refractivity contribution >= 4 is 5.69 Å². The van der Waals surface area contributed by atoms with E-state index >= 15 is 0 Å². The first-order valence-electron chi connectivity index (χ1n) is 5.79. The summed E-state index contributed by atoms with van der Waals surface area (Å²) in [5, 5.41) is 13.3. The molecule has 2 rings (SSSR count). The second kappa shape index (κ2) is 5.51. The minimum absolute atomic E-state index is 0.477. The molecule has 0 aliphatic carbocycles. The molecule has 17 heavy (non-hydrogen) atoms. The van der Waals surface area contributed by atoms with Crippen LogP contribution in [0.3, 0.4) is 0 Å². The maximum absolute atomic E-state index is 10.0. The van der Waals surface area contributed by atoms with Gasteiger partial charge in [0, 0.05) is 12.2 Å². The molecule has 0 saturated carbocycles. The molecule has 0 aliphatic rings. The van der Waals surface area contributed by atoms with Crippen LogP contribution in [-0.2, 0) is 0 Å². The average Bonchev–Trinajstić information content (AvgIpc) is 2.37. The Hall–Kier alpha value is -1.80. The normalized spacial score (nSPS) is 12.1. The van der Waals surface area contributed by atoms with Crippen molar-refractivity contribution in [3.63, 3.8) is 0 Å². The second-order valence-corrected chi connectivity index (χ2v) is 4.18. The Bertz CT molecular complexity index is 467. The van der Waals surface area contributed by atoms with Crippen LogP contribution in [0.15, 0.2) is 54.6 Å². The lowest BCUT2D eigenvalue weighted by Gasteiger charge is -2.13. The highest BCUT2D eigenvalue weighted by Gasteiger charge is 2.06. The van der Waals surface area contributed by atoms with Gasteiger partial charge in [0.25, 0.3) is 0 Å². The summed E-state index contributed by atoms with van der Waals surface area (Å²) in [6.45, 7) is 2.55. The first-order valence-corrected chi connectivity index (χ1v) is 5.79. The van der Waals surface area contributed by atoms with E-state index in [2.05, 4.69) is 5.32 Å². The number of aliphatic hydroxyl groups is 1. The summed E-state index contributed by atoms with van der Waals surface area (Å²) in [6, 6.07) is 17.9. The molecule has 0 aromatic heterocycles. The zero-order chi connectivity index (χ0) is 12.1. The van der Waals surface area contributed by atoms with Gasteiger partial charge in [-0.3, -0.25) is 0 Å². The van der Waals surface area contributed by atoms with Crippen molar-refractivity contribution in [1.29, 1.82) is 0 Å². The molecule has 1 atom stereocenters.